The summed E-state index contributed by atoms with van der Waals surface area (Å²) in [6.45, 7) is 16.8. The molecule has 1 N–H and O–H groups in total. The molecule has 1 fully saturated rings. The van der Waals surface area contributed by atoms with Gasteiger partial charge in [0, 0.05) is 28.3 Å². The largest absolute Gasteiger partial charge is 0.282 e. The number of nitrogens with zero attached hydrogens (tertiary/aromatic N) is 3. The van der Waals surface area contributed by atoms with Gasteiger partial charge in [-0.2, -0.15) is 10.2 Å². The number of rotatable bonds is 5. The first kappa shape index (κ1) is 17.2. The molecule has 0 bridgehead atoms. The molecular weight excluding hydrogens is 296 g/mol. The molecule has 0 aromatic carbocycles. The average Bonchev–Trinajstić information content (AvgIpc) is 3.00. The van der Waals surface area contributed by atoms with Gasteiger partial charge in [0.2, 0.25) is 0 Å². The summed E-state index contributed by atoms with van der Waals surface area (Å²) in [7, 11) is 0. The van der Waals surface area contributed by atoms with Crippen LogP contribution in [0.5, 0.6) is 0 Å². The molecule has 0 saturated heterocycles. The van der Waals surface area contributed by atoms with Crippen LogP contribution in [0.25, 0.3) is 0 Å². The maximum atomic E-state index is 4.80. The number of H-pyrrole nitrogens is 1. The van der Waals surface area contributed by atoms with Gasteiger partial charge in [0.05, 0.1) is 18.9 Å². The molecule has 2 aromatic heterocycles. The summed E-state index contributed by atoms with van der Waals surface area (Å²) in [5, 5.41) is 12.3. The molecule has 4 nitrogen and oxygen atoms in total. The fourth-order valence-electron chi connectivity index (χ4n) is 3.62. The molecule has 0 unspecified atom stereocenters. The third kappa shape index (κ3) is 3.15. The van der Waals surface area contributed by atoms with Gasteiger partial charge in [-0.1, -0.05) is 48.5 Å². The van der Waals surface area contributed by atoms with Gasteiger partial charge >= 0.3 is 0 Å². The molecule has 132 valence electrons. The van der Waals surface area contributed by atoms with E-state index < -0.39 is 0 Å². The number of aromatic amines is 1. The summed E-state index contributed by atoms with van der Waals surface area (Å²) < 4.78 is 2.27. The lowest BCUT2D eigenvalue weighted by Gasteiger charge is -2.27. The van der Waals surface area contributed by atoms with E-state index in [4.69, 9.17) is 5.10 Å². The van der Waals surface area contributed by atoms with Gasteiger partial charge in [-0.15, -0.1) is 0 Å². The number of hydrogen-bond donors (Lipinski definition) is 1. The number of aromatic nitrogens is 4. The van der Waals surface area contributed by atoms with E-state index in [1.807, 2.05) is 6.20 Å². The molecule has 0 amide bonds. The van der Waals surface area contributed by atoms with Crippen LogP contribution in [0.2, 0.25) is 0 Å². The zero-order valence-electron chi connectivity index (χ0n) is 16.3. The van der Waals surface area contributed by atoms with Crippen molar-refractivity contribution >= 4 is 0 Å². The lowest BCUT2D eigenvalue weighted by molar-refractivity contribution is 0.394. The Balaban J connectivity index is 1.96. The van der Waals surface area contributed by atoms with Crippen LogP contribution in [-0.2, 0) is 17.4 Å². The molecule has 1 saturated carbocycles. The van der Waals surface area contributed by atoms with Crippen LogP contribution in [0.3, 0.4) is 0 Å². The molecule has 24 heavy (non-hydrogen) atoms. The average molecular weight is 329 g/mol. The quantitative estimate of drug-likeness (QED) is 0.850. The van der Waals surface area contributed by atoms with Crippen LogP contribution < -0.4 is 0 Å². The van der Waals surface area contributed by atoms with Gasteiger partial charge in [-0.05, 0) is 29.7 Å². The highest BCUT2D eigenvalue weighted by molar-refractivity contribution is 5.33. The molecular formula is C20H32N4. The van der Waals surface area contributed by atoms with E-state index in [0.717, 1.165) is 6.54 Å². The molecule has 0 aliphatic heterocycles. The van der Waals surface area contributed by atoms with E-state index in [1.54, 1.807) is 0 Å². The molecule has 0 spiro atoms. The second kappa shape index (κ2) is 5.75. The van der Waals surface area contributed by atoms with E-state index >= 15 is 0 Å². The van der Waals surface area contributed by atoms with Crippen LogP contribution in [0.1, 0.15) is 95.7 Å². The molecule has 1 aliphatic carbocycles. The Morgan fingerprint density at radius 1 is 1.12 bits per heavy atom. The molecule has 0 radical (unpaired) electrons. The van der Waals surface area contributed by atoms with Crippen molar-refractivity contribution in [3.05, 3.63) is 34.9 Å². The minimum atomic E-state index is -0.00256. The Morgan fingerprint density at radius 3 is 2.33 bits per heavy atom. The summed E-state index contributed by atoms with van der Waals surface area (Å²) >= 11 is 0. The van der Waals surface area contributed by atoms with Gasteiger partial charge in [0.1, 0.15) is 0 Å². The number of hydrogen-bond acceptors (Lipinski definition) is 2. The van der Waals surface area contributed by atoms with E-state index in [1.165, 1.54) is 35.4 Å². The predicted octanol–water partition coefficient (Wildman–Crippen LogP) is 4.88. The molecule has 2 heterocycles. The van der Waals surface area contributed by atoms with Crippen LogP contribution in [0, 0.1) is 0 Å². The Kier molecular flexibility index (Phi) is 4.13. The second-order valence-corrected chi connectivity index (χ2v) is 9.36. The van der Waals surface area contributed by atoms with Crippen molar-refractivity contribution < 1.29 is 0 Å². The van der Waals surface area contributed by atoms with E-state index in [-0.39, 0.29) is 10.8 Å². The van der Waals surface area contributed by atoms with Crippen LogP contribution in [0.4, 0.5) is 0 Å². The summed E-state index contributed by atoms with van der Waals surface area (Å²) in [6, 6.07) is 0. The highest BCUT2D eigenvalue weighted by Crippen LogP contribution is 2.45. The van der Waals surface area contributed by atoms with Gasteiger partial charge < -0.3 is 0 Å². The molecule has 3 rings (SSSR count). The SMILES string of the molecule is CC(C)c1[nH]ncc1C(C)(C)Cn1ncc(C(C)(C)C)c1C1CC1. The fourth-order valence-corrected chi connectivity index (χ4v) is 3.62. The van der Waals surface area contributed by atoms with Crippen molar-refractivity contribution in [2.75, 3.05) is 0 Å². The molecule has 2 aromatic rings. The zero-order chi connectivity index (χ0) is 17.7. The monoisotopic (exact) mass is 328 g/mol. The van der Waals surface area contributed by atoms with E-state index in [2.05, 4.69) is 69.5 Å². The third-order valence-electron chi connectivity index (χ3n) is 5.17. The Hall–Kier alpha value is -1.58. The van der Waals surface area contributed by atoms with Gasteiger partial charge in [0.25, 0.3) is 0 Å². The van der Waals surface area contributed by atoms with Crippen molar-refractivity contribution in [3.63, 3.8) is 0 Å². The smallest absolute Gasteiger partial charge is 0.0530 e. The van der Waals surface area contributed by atoms with Crippen molar-refractivity contribution in [1.29, 1.82) is 0 Å². The number of nitrogens with one attached hydrogen (secondary N) is 1. The lowest BCUT2D eigenvalue weighted by Crippen LogP contribution is -2.27. The maximum absolute atomic E-state index is 4.80. The Morgan fingerprint density at radius 2 is 1.79 bits per heavy atom. The van der Waals surface area contributed by atoms with Crippen molar-refractivity contribution in [3.8, 4) is 0 Å². The zero-order valence-corrected chi connectivity index (χ0v) is 16.3. The first-order chi connectivity index (χ1) is 11.1. The van der Waals surface area contributed by atoms with Crippen LogP contribution >= 0.6 is 0 Å². The summed E-state index contributed by atoms with van der Waals surface area (Å²) in [6.07, 6.45) is 6.71. The highest BCUT2D eigenvalue weighted by Gasteiger charge is 2.36. The minimum Gasteiger partial charge on any atom is -0.282 e. The Labute approximate surface area is 146 Å². The third-order valence-corrected chi connectivity index (χ3v) is 5.17. The van der Waals surface area contributed by atoms with Crippen molar-refractivity contribution in [2.45, 2.75) is 90.5 Å². The van der Waals surface area contributed by atoms with Gasteiger partial charge in [0.15, 0.2) is 0 Å². The predicted molar refractivity (Wildman–Crippen MR) is 98.6 cm³/mol. The molecule has 0 atom stereocenters. The van der Waals surface area contributed by atoms with Crippen LogP contribution in [0.15, 0.2) is 12.4 Å². The second-order valence-electron chi connectivity index (χ2n) is 9.36. The van der Waals surface area contributed by atoms with Crippen molar-refractivity contribution in [1.82, 2.24) is 20.0 Å². The first-order valence-electron chi connectivity index (χ1n) is 9.21. The highest BCUT2D eigenvalue weighted by atomic mass is 15.3. The first-order valence-corrected chi connectivity index (χ1v) is 9.21. The van der Waals surface area contributed by atoms with E-state index in [9.17, 15) is 0 Å². The standard InChI is InChI=1S/C20H32N4/c1-13(2)17-15(10-21-23-17)20(6,7)12-24-18(14-8-9-14)16(11-22-24)19(3,4)5/h10-11,13-14H,8-9,12H2,1-7H3,(H,21,23). The maximum Gasteiger partial charge on any atom is 0.0530 e. The lowest BCUT2D eigenvalue weighted by atomic mass is 9.82. The van der Waals surface area contributed by atoms with Gasteiger partial charge in [-0.25, -0.2) is 0 Å². The van der Waals surface area contributed by atoms with E-state index in [0.29, 0.717) is 11.8 Å². The minimum absolute atomic E-state index is 0.00256. The summed E-state index contributed by atoms with van der Waals surface area (Å²) in [5.41, 5.74) is 5.58. The topological polar surface area (TPSA) is 46.5 Å². The van der Waals surface area contributed by atoms with Crippen LogP contribution in [-0.4, -0.2) is 20.0 Å². The molecule has 4 heteroatoms. The summed E-state index contributed by atoms with van der Waals surface area (Å²) in [5.74, 6) is 1.15. The normalized spacial score (nSPS) is 16.2. The Bertz CT molecular complexity index is 708. The summed E-state index contributed by atoms with van der Waals surface area (Å²) in [4.78, 5) is 0. The molecule has 1 aliphatic rings. The van der Waals surface area contributed by atoms with Gasteiger partial charge in [-0.3, -0.25) is 9.78 Å². The van der Waals surface area contributed by atoms with Crippen molar-refractivity contribution in [2.24, 2.45) is 0 Å². The fraction of sp³-hybridized carbons (Fsp3) is 0.700.